The van der Waals surface area contributed by atoms with Crippen molar-refractivity contribution in [1.29, 1.82) is 0 Å². The molecule has 4 heteroatoms. The molecular formula is C13H25N3O. The number of methoxy groups -OCH3 is 1. The minimum atomic E-state index is 0.696. The van der Waals surface area contributed by atoms with Crippen LogP contribution in [0.1, 0.15) is 12.8 Å². The van der Waals surface area contributed by atoms with E-state index in [1.165, 1.54) is 52.1 Å². The van der Waals surface area contributed by atoms with E-state index in [4.69, 9.17) is 4.74 Å². The first-order chi connectivity index (χ1) is 8.38. The molecule has 0 spiro atoms. The number of ether oxygens (including phenoxy) is 1. The Morgan fingerprint density at radius 3 is 2.35 bits per heavy atom. The summed E-state index contributed by atoms with van der Waals surface area (Å²) in [6.45, 7) is 8.30. The summed E-state index contributed by atoms with van der Waals surface area (Å²) in [5.74, 6) is 0.923. The number of rotatable bonds is 5. The summed E-state index contributed by atoms with van der Waals surface area (Å²) < 4.78 is 5.40. The van der Waals surface area contributed by atoms with Gasteiger partial charge in [-0.2, -0.15) is 0 Å². The van der Waals surface area contributed by atoms with Gasteiger partial charge < -0.3 is 10.1 Å². The van der Waals surface area contributed by atoms with Crippen LogP contribution in [0.4, 0.5) is 0 Å². The maximum absolute atomic E-state index is 5.40. The van der Waals surface area contributed by atoms with Crippen molar-refractivity contribution in [2.24, 2.45) is 5.92 Å². The van der Waals surface area contributed by atoms with E-state index < -0.39 is 0 Å². The summed E-state index contributed by atoms with van der Waals surface area (Å²) in [6.07, 6.45) is 2.83. The van der Waals surface area contributed by atoms with E-state index in [2.05, 4.69) is 15.1 Å². The van der Waals surface area contributed by atoms with Crippen LogP contribution in [0.5, 0.6) is 0 Å². The third kappa shape index (κ3) is 2.65. The molecule has 2 saturated heterocycles. The van der Waals surface area contributed by atoms with Crippen LogP contribution < -0.4 is 5.32 Å². The summed E-state index contributed by atoms with van der Waals surface area (Å²) >= 11 is 0. The molecule has 0 radical (unpaired) electrons. The molecule has 0 bridgehead atoms. The molecule has 2 heterocycles. The Bertz CT molecular complexity index is 245. The highest BCUT2D eigenvalue weighted by Gasteiger charge is 2.37. The van der Waals surface area contributed by atoms with Crippen LogP contribution >= 0.6 is 0 Å². The minimum absolute atomic E-state index is 0.696. The molecular weight excluding hydrogens is 214 g/mol. The predicted octanol–water partition coefficient (Wildman–Crippen LogP) is 0.000800. The Hall–Kier alpha value is -0.160. The van der Waals surface area contributed by atoms with Crippen molar-refractivity contribution in [2.45, 2.75) is 24.9 Å². The van der Waals surface area contributed by atoms with Gasteiger partial charge in [-0.1, -0.05) is 0 Å². The number of piperazine rings is 1. The van der Waals surface area contributed by atoms with Gasteiger partial charge in [-0.05, 0) is 18.8 Å². The van der Waals surface area contributed by atoms with E-state index in [1.54, 1.807) is 0 Å². The standard InChI is InChI=1S/C13H25N3O/c1-17-10-13(11-2-3-11)16-6-4-15(5-7-16)12-8-14-9-12/h11-14H,2-10H2,1H3. The van der Waals surface area contributed by atoms with Crippen molar-refractivity contribution >= 4 is 0 Å². The van der Waals surface area contributed by atoms with Crippen LogP contribution in [0, 0.1) is 5.92 Å². The Labute approximate surface area is 104 Å². The smallest absolute Gasteiger partial charge is 0.0620 e. The minimum Gasteiger partial charge on any atom is -0.383 e. The van der Waals surface area contributed by atoms with E-state index >= 15 is 0 Å². The second-order valence-electron chi connectivity index (χ2n) is 5.74. The lowest BCUT2D eigenvalue weighted by Crippen LogP contribution is -2.62. The van der Waals surface area contributed by atoms with Crippen molar-refractivity contribution in [2.75, 3.05) is 53.0 Å². The van der Waals surface area contributed by atoms with Crippen LogP contribution in [0.3, 0.4) is 0 Å². The van der Waals surface area contributed by atoms with Crippen molar-refractivity contribution in [3.05, 3.63) is 0 Å². The molecule has 3 aliphatic rings. The maximum Gasteiger partial charge on any atom is 0.0620 e. The van der Waals surface area contributed by atoms with E-state index in [1.807, 2.05) is 7.11 Å². The number of hydrogen-bond acceptors (Lipinski definition) is 4. The Morgan fingerprint density at radius 1 is 1.18 bits per heavy atom. The molecule has 1 saturated carbocycles. The second kappa shape index (κ2) is 5.22. The Balaban J connectivity index is 1.48. The Morgan fingerprint density at radius 2 is 1.88 bits per heavy atom. The van der Waals surface area contributed by atoms with E-state index in [9.17, 15) is 0 Å². The topological polar surface area (TPSA) is 27.7 Å². The predicted molar refractivity (Wildman–Crippen MR) is 68.2 cm³/mol. The van der Waals surface area contributed by atoms with Gasteiger partial charge in [-0.15, -0.1) is 0 Å². The normalized spacial score (nSPS) is 30.2. The molecule has 4 nitrogen and oxygen atoms in total. The highest BCUT2D eigenvalue weighted by molar-refractivity contribution is 4.93. The monoisotopic (exact) mass is 239 g/mol. The van der Waals surface area contributed by atoms with Crippen LogP contribution in [0.25, 0.3) is 0 Å². The van der Waals surface area contributed by atoms with Gasteiger partial charge in [-0.25, -0.2) is 0 Å². The van der Waals surface area contributed by atoms with E-state index in [0.29, 0.717) is 6.04 Å². The Kier molecular flexibility index (Phi) is 3.66. The summed E-state index contributed by atoms with van der Waals surface area (Å²) in [5, 5.41) is 3.37. The molecule has 17 heavy (non-hydrogen) atoms. The van der Waals surface area contributed by atoms with Gasteiger partial charge in [-0.3, -0.25) is 9.80 Å². The van der Waals surface area contributed by atoms with E-state index in [-0.39, 0.29) is 0 Å². The molecule has 1 aliphatic carbocycles. The zero-order chi connectivity index (χ0) is 11.7. The lowest BCUT2D eigenvalue weighted by molar-refractivity contribution is 0.0186. The largest absolute Gasteiger partial charge is 0.383 e. The lowest BCUT2D eigenvalue weighted by Gasteiger charge is -2.45. The van der Waals surface area contributed by atoms with Crippen LogP contribution in [-0.2, 0) is 4.74 Å². The van der Waals surface area contributed by atoms with Crippen LogP contribution in [0.15, 0.2) is 0 Å². The maximum atomic E-state index is 5.40. The first kappa shape index (κ1) is 11.9. The first-order valence-electron chi connectivity index (χ1n) is 7.06. The molecule has 98 valence electrons. The summed E-state index contributed by atoms with van der Waals surface area (Å²) in [5.41, 5.74) is 0. The van der Waals surface area contributed by atoms with Crippen molar-refractivity contribution < 1.29 is 4.74 Å². The molecule has 0 aromatic rings. The molecule has 1 N–H and O–H groups in total. The van der Waals surface area contributed by atoms with E-state index in [0.717, 1.165) is 18.6 Å². The van der Waals surface area contributed by atoms with Crippen molar-refractivity contribution in [3.8, 4) is 0 Å². The molecule has 0 amide bonds. The molecule has 1 atom stereocenters. The van der Waals surface area contributed by atoms with Gasteiger partial charge in [0.1, 0.15) is 0 Å². The second-order valence-corrected chi connectivity index (χ2v) is 5.74. The quantitative estimate of drug-likeness (QED) is 0.731. The highest BCUT2D eigenvalue weighted by atomic mass is 16.5. The molecule has 2 aliphatic heterocycles. The van der Waals surface area contributed by atoms with Gasteiger partial charge >= 0.3 is 0 Å². The molecule has 0 aromatic heterocycles. The average molecular weight is 239 g/mol. The SMILES string of the molecule is COCC(C1CC1)N1CCN(C2CNC2)CC1. The summed E-state index contributed by atoms with van der Waals surface area (Å²) in [6, 6.07) is 1.51. The third-order valence-corrected chi connectivity index (χ3v) is 4.60. The average Bonchev–Trinajstić information content (AvgIpc) is 3.09. The molecule has 3 fully saturated rings. The van der Waals surface area contributed by atoms with Crippen LogP contribution in [0.2, 0.25) is 0 Å². The van der Waals surface area contributed by atoms with Gasteiger partial charge in [0.2, 0.25) is 0 Å². The molecule has 0 aromatic carbocycles. The van der Waals surface area contributed by atoms with Crippen molar-refractivity contribution in [1.82, 2.24) is 15.1 Å². The number of hydrogen-bond donors (Lipinski definition) is 1. The highest BCUT2D eigenvalue weighted by Crippen LogP contribution is 2.35. The fourth-order valence-electron chi connectivity index (χ4n) is 3.16. The lowest BCUT2D eigenvalue weighted by atomic mass is 10.1. The summed E-state index contributed by atoms with van der Waals surface area (Å²) in [7, 11) is 1.84. The first-order valence-corrected chi connectivity index (χ1v) is 7.06. The summed E-state index contributed by atoms with van der Waals surface area (Å²) in [4.78, 5) is 5.33. The third-order valence-electron chi connectivity index (χ3n) is 4.60. The fourth-order valence-corrected chi connectivity index (χ4v) is 3.16. The zero-order valence-corrected chi connectivity index (χ0v) is 10.9. The number of nitrogens with zero attached hydrogens (tertiary/aromatic N) is 2. The molecule has 3 rings (SSSR count). The van der Waals surface area contributed by atoms with Gasteiger partial charge in [0.25, 0.3) is 0 Å². The van der Waals surface area contributed by atoms with Gasteiger partial charge in [0.05, 0.1) is 6.61 Å². The zero-order valence-electron chi connectivity index (χ0n) is 10.9. The van der Waals surface area contributed by atoms with Gasteiger partial charge in [0, 0.05) is 58.5 Å². The molecule has 1 unspecified atom stereocenters. The van der Waals surface area contributed by atoms with Crippen molar-refractivity contribution in [3.63, 3.8) is 0 Å². The fraction of sp³-hybridized carbons (Fsp3) is 1.00. The van der Waals surface area contributed by atoms with Crippen LogP contribution in [-0.4, -0.2) is 74.9 Å². The van der Waals surface area contributed by atoms with Gasteiger partial charge in [0.15, 0.2) is 0 Å². The number of nitrogens with one attached hydrogen (secondary N) is 1.